The molecule has 24 heavy (non-hydrogen) atoms. The van der Waals surface area contributed by atoms with Crippen molar-refractivity contribution in [1.82, 2.24) is 9.80 Å². The normalized spacial score (nSPS) is 16.8. The summed E-state index contributed by atoms with van der Waals surface area (Å²) in [6.07, 6.45) is 0.754. The molecule has 7 heteroatoms. The lowest BCUT2D eigenvalue weighted by Gasteiger charge is -2.26. The smallest absolute Gasteiger partial charge is 0.322 e. The van der Waals surface area contributed by atoms with Gasteiger partial charge in [0.1, 0.15) is 6.54 Å². The highest BCUT2D eigenvalue weighted by Gasteiger charge is 2.32. The molecule has 2 N–H and O–H groups in total. The first-order valence-electron chi connectivity index (χ1n) is 8.05. The molecule has 0 aliphatic carbocycles. The molecule has 0 spiro atoms. The third-order valence-corrected chi connectivity index (χ3v) is 4.22. The van der Waals surface area contributed by atoms with E-state index in [1.54, 1.807) is 41.0 Å². The van der Waals surface area contributed by atoms with Gasteiger partial charge in [0.15, 0.2) is 0 Å². The van der Waals surface area contributed by atoms with Crippen molar-refractivity contribution in [2.75, 3.05) is 31.5 Å². The Morgan fingerprint density at radius 2 is 2.04 bits per heavy atom. The van der Waals surface area contributed by atoms with Crippen LogP contribution in [0.1, 0.15) is 30.6 Å². The number of carbonyl (C=O) groups excluding carboxylic acids is 2. The Bertz CT molecular complexity index is 632. The second-order valence-corrected chi connectivity index (χ2v) is 5.79. The fourth-order valence-electron chi connectivity index (χ4n) is 3.08. The number of hydrogen-bond donors (Lipinski definition) is 2. The summed E-state index contributed by atoms with van der Waals surface area (Å²) in [5.41, 5.74) is 0.956. The number of para-hydroxylation sites is 1. The second kappa shape index (κ2) is 7.81. The highest BCUT2D eigenvalue weighted by molar-refractivity contribution is 6.00. The van der Waals surface area contributed by atoms with E-state index in [1.807, 2.05) is 6.92 Å². The lowest BCUT2D eigenvalue weighted by Crippen LogP contribution is -2.41. The fourth-order valence-corrected chi connectivity index (χ4v) is 3.08. The number of carboxylic acids is 1. The van der Waals surface area contributed by atoms with Gasteiger partial charge in [-0.3, -0.25) is 14.4 Å². The van der Waals surface area contributed by atoms with E-state index in [9.17, 15) is 14.4 Å². The standard InChI is InChI=1S/C17H23N3O4/c1-3-20(12(2)21)13-8-9-19(11-13)17(24)14-6-4-5-7-15(14)18-10-16(22)23/h4-7,13,18H,3,8-11H2,1-2H3,(H,22,23). The van der Waals surface area contributed by atoms with Gasteiger partial charge in [-0.1, -0.05) is 12.1 Å². The van der Waals surface area contributed by atoms with Crippen molar-refractivity contribution in [3.63, 3.8) is 0 Å². The average molecular weight is 333 g/mol. The number of amides is 2. The summed E-state index contributed by atoms with van der Waals surface area (Å²) in [7, 11) is 0. The molecule has 1 heterocycles. The molecule has 1 saturated heterocycles. The molecule has 1 aliphatic heterocycles. The Morgan fingerprint density at radius 1 is 1.33 bits per heavy atom. The predicted octanol–water partition coefficient (Wildman–Crippen LogP) is 1.27. The average Bonchev–Trinajstić information content (AvgIpc) is 3.02. The zero-order valence-electron chi connectivity index (χ0n) is 14.0. The van der Waals surface area contributed by atoms with Crippen LogP contribution < -0.4 is 5.32 Å². The first kappa shape index (κ1) is 17.8. The van der Waals surface area contributed by atoms with E-state index in [-0.39, 0.29) is 24.4 Å². The Hall–Kier alpha value is -2.57. The van der Waals surface area contributed by atoms with E-state index in [4.69, 9.17) is 5.11 Å². The monoisotopic (exact) mass is 333 g/mol. The van der Waals surface area contributed by atoms with Crippen molar-refractivity contribution in [2.45, 2.75) is 26.3 Å². The largest absolute Gasteiger partial charge is 0.480 e. The van der Waals surface area contributed by atoms with E-state index in [1.165, 1.54) is 0 Å². The van der Waals surface area contributed by atoms with Gasteiger partial charge in [0, 0.05) is 32.2 Å². The van der Waals surface area contributed by atoms with Crippen LogP contribution >= 0.6 is 0 Å². The van der Waals surface area contributed by atoms with Crippen molar-refractivity contribution in [3.8, 4) is 0 Å². The number of carboxylic acid groups (broad SMARTS) is 1. The Labute approximate surface area is 141 Å². The maximum atomic E-state index is 12.8. The number of nitrogens with zero attached hydrogens (tertiary/aromatic N) is 2. The summed E-state index contributed by atoms with van der Waals surface area (Å²) in [6, 6.07) is 6.92. The molecule has 2 rings (SSSR count). The number of hydrogen-bond acceptors (Lipinski definition) is 4. The molecule has 0 bridgehead atoms. The molecular weight excluding hydrogens is 310 g/mol. The van der Waals surface area contributed by atoms with Crippen LogP contribution in [0.5, 0.6) is 0 Å². The summed E-state index contributed by atoms with van der Waals surface area (Å²) in [4.78, 5) is 38.7. The van der Waals surface area contributed by atoms with Gasteiger partial charge in [-0.25, -0.2) is 0 Å². The molecular formula is C17H23N3O4. The van der Waals surface area contributed by atoms with Crippen molar-refractivity contribution >= 4 is 23.5 Å². The minimum Gasteiger partial charge on any atom is -0.480 e. The Balaban J connectivity index is 2.10. The van der Waals surface area contributed by atoms with Crippen molar-refractivity contribution in [2.24, 2.45) is 0 Å². The molecule has 7 nitrogen and oxygen atoms in total. The van der Waals surface area contributed by atoms with Gasteiger partial charge in [0.25, 0.3) is 5.91 Å². The SMILES string of the molecule is CCN(C(C)=O)C1CCN(C(=O)c2ccccc2NCC(=O)O)C1. The molecule has 1 unspecified atom stereocenters. The second-order valence-electron chi connectivity index (χ2n) is 5.79. The number of rotatable bonds is 6. The van der Waals surface area contributed by atoms with E-state index in [2.05, 4.69) is 5.32 Å². The molecule has 1 atom stereocenters. The lowest BCUT2D eigenvalue weighted by atomic mass is 10.1. The van der Waals surface area contributed by atoms with Crippen LogP contribution in [0.15, 0.2) is 24.3 Å². The summed E-state index contributed by atoms with van der Waals surface area (Å²) in [6.45, 7) is 4.93. The minimum absolute atomic E-state index is 0.0142. The van der Waals surface area contributed by atoms with Gasteiger partial charge < -0.3 is 20.2 Å². The summed E-state index contributed by atoms with van der Waals surface area (Å²) < 4.78 is 0. The predicted molar refractivity (Wildman–Crippen MR) is 89.9 cm³/mol. The zero-order valence-corrected chi connectivity index (χ0v) is 14.0. The number of benzene rings is 1. The summed E-state index contributed by atoms with van der Waals surface area (Å²) >= 11 is 0. The molecule has 1 aliphatic rings. The molecule has 2 amide bonds. The molecule has 1 aromatic carbocycles. The third kappa shape index (κ3) is 4.04. The highest BCUT2D eigenvalue weighted by Crippen LogP contribution is 2.22. The Kier molecular flexibility index (Phi) is 5.78. The van der Waals surface area contributed by atoms with E-state index >= 15 is 0 Å². The van der Waals surface area contributed by atoms with Gasteiger partial charge in [0.2, 0.25) is 5.91 Å². The fraction of sp³-hybridized carbons (Fsp3) is 0.471. The van der Waals surface area contributed by atoms with Gasteiger partial charge in [0.05, 0.1) is 11.6 Å². The first-order valence-corrected chi connectivity index (χ1v) is 8.05. The number of nitrogens with one attached hydrogen (secondary N) is 1. The van der Waals surface area contributed by atoms with E-state index < -0.39 is 5.97 Å². The summed E-state index contributed by atoms with van der Waals surface area (Å²) in [5.74, 6) is -1.12. The van der Waals surface area contributed by atoms with Gasteiger partial charge in [-0.2, -0.15) is 0 Å². The number of anilines is 1. The molecule has 130 valence electrons. The van der Waals surface area contributed by atoms with Crippen molar-refractivity contribution in [1.29, 1.82) is 0 Å². The number of likely N-dealkylation sites (N-methyl/N-ethyl adjacent to an activating group) is 1. The van der Waals surface area contributed by atoms with Crippen molar-refractivity contribution < 1.29 is 19.5 Å². The maximum Gasteiger partial charge on any atom is 0.322 e. The van der Waals surface area contributed by atoms with Gasteiger partial charge in [-0.15, -0.1) is 0 Å². The van der Waals surface area contributed by atoms with Crippen LogP contribution in [0.3, 0.4) is 0 Å². The maximum absolute atomic E-state index is 12.8. The number of likely N-dealkylation sites (tertiary alicyclic amines) is 1. The first-order chi connectivity index (χ1) is 11.4. The van der Waals surface area contributed by atoms with E-state index in [0.717, 1.165) is 6.42 Å². The molecule has 0 radical (unpaired) electrons. The quantitative estimate of drug-likeness (QED) is 0.818. The topological polar surface area (TPSA) is 90.0 Å². The molecule has 1 fully saturated rings. The third-order valence-electron chi connectivity index (χ3n) is 4.22. The van der Waals surface area contributed by atoms with Crippen LogP contribution in [0.4, 0.5) is 5.69 Å². The van der Waals surface area contributed by atoms with Crippen LogP contribution in [0.25, 0.3) is 0 Å². The van der Waals surface area contributed by atoms with Crippen LogP contribution in [0.2, 0.25) is 0 Å². The van der Waals surface area contributed by atoms with Crippen LogP contribution in [-0.4, -0.2) is 64.9 Å². The van der Waals surface area contributed by atoms with Gasteiger partial charge >= 0.3 is 5.97 Å². The van der Waals surface area contributed by atoms with Gasteiger partial charge in [-0.05, 0) is 25.5 Å². The lowest BCUT2D eigenvalue weighted by molar-refractivity contribution is -0.135. The van der Waals surface area contributed by atoms with Crippen LogP contribution in [-0.2, 0) is 9.59 Å². The molecule has 0 saturated carbocycles. The number of carbonyl (C=O) groups is 3. The molecule has 1 aromatic rings. The number of aliphatic carboxylic acids is 1. The zero-order chi connectivity index (χ0) is 17.7. The van der Waals surface area contributed by atoms with E-state index in [0.29, 0.717) is 30.9 Å². The highest BCUT2D eigenvalue weighted by atomic mass is 16.4. The van der Waals surface area contributed by atoms with Crippen LogP contribution in [0, 0.1) is 0 Å². The Morgan fingerprint density at radius 3 is 2.67 bits per heavy atom. The van der Waals surface area contributed by atoms with Crippen molar-refractivity contribution in [3.05, 3.63) is 29.8 Å². The molecule has 0 aromatic heterocycles. The summed E-state index contributed by atoms with van der Waals surface area (Å²) in [5, 5.41) is 11.6. The minimum atomic E-state index is -0.987.